The Morgan fingerprint density at radius 3 is 2.50 bits per heavy atom. The van der Waals surface area contributed by atoms with E-state index in [2.05, 4.69) is 18.7 Å². The number of benzene rings is 1. The zero-order chi connectivity index (χ0) is 14.9. The van der Waals surface area contributed by atoms with Gasteiger partial charge >= 0.3 is 0 Å². The molecule has 20 heavy (non-hydrogen) atoms. The van der Waals surface area contributed by atoms with E-state index >= 15 is 0 Å². The molecule has 0 aliphatic carbocycles. The van der Waals surface area contributed by atoms with Gasteiger partial charge in [0.2, 0.25) is 0 Å². The van der Waals surface area contributed by atoms with E-state index in [0.717, 1.165) is 18.8 Å². The van der Waals surface area contributed by atoms with Gasteiger partial charge in [-0.25, -0.2) is 4.39 Å². The van der Waals surface area contributed by atoms with Gasteiger partial charge < -0.3 is 10.0 Å². The topological polar surface area (TPSA) is 23.5 Å². The molecular weight excluding hydrogens is 253 g/mol. The molecule has 0 saturated carbocycles. The summed E-state index contributed by atoms with van der Waals surface area (Å²) in [5, 5.41) is 9.93. The lowest BCUT2D eigenvalue weighted by atomic mass is 9.82. The van der Waals surface area contributed by atoms with Crippen LogP contribution in [0.25, 0.3) is 0 Å². The first-order valence-electron chi connectivity index (χ1n) is 7.65. The summed E-state index contributed by atoms with van der Waals surface area (Å²) in [6.45, 7) is 9.98. The highest BCUT2D eigenvalue weighted by Crippen LogP contribution is 2.41. The Balaban J connectivity index is 2.36. The number of nitrogens with zero attached hydrogens (tertiary/aromatic N) is 1. The van der Waals surface area contributed by atoms with Crippen molar-refractivity contribution in [2.45, 2.75) is 53.1 Å². The highest BCUT2D eigenvalue weighted by Gasteiger charge is 2.36. The van der Waals surface area contributed by atoms with Crippen LogP contribution in [0.5, 0.6) is 0 Å². The van der Waals surface area contributed by atoms with Gasteiger partial charge in [-0.1, -0.05) is 13.8 Å². The summed E-state index contributed by atoms with van der Waals surface area (Å²) in [5.74, 6) is -0.235. The highest BCUT2D eigenvalue weighted by atomic mass is 19.1. The Bertz CT molecular complexity index is 480. The molecule has 2 nitrogen and oxygen atoms in total. The lowest BCUT2D eigenvalue weighted by Gasteiger charge is -2.29. The molecule has 0 aromatic heterocycles. The van der Waals surface area contributed by atoms with Crippen molar-refractivity contribution in [2.24, 2.45) is 5.41 Å². The van der Waals surface area contributed by atoms with Crippen LogP contribution in [0.4, 0.5) is 10.1 Å². The van der Waals surface area contributed by atoms with E-state index in [-0.39, 0.29) is 5.82 Å². The minimum Gasteiger partial charge on any atom is -0.389 e. The summed E-state index contributed by atoms with van der Waals surface area (Å²) in [6.07, 6.45) is 2.88. The van der Waals surface area contributed by atoms with Crippen LogP contribution in [-0.4, -0.2) is 18.2 Å². The van der Waals surface area contributed by atoms with Gasteiger partial charge in [0.05, 0.1) is 6.10 Å². The molecule has 1 aliphatic rings. The van der Waals surface area contributed by atoms with Crippen LogP contribution in [0.15, 0.2) is 12.1 Å². The number of hydrogen-bond donors (Lipinski definition) is 1. The van der Waals surface area contributed by atoms with Gasteiger partial charge in [0.25, 0.3) is 0 Å². The van der Waals surface area contributed by atoms with E-state index in [1.165, 1.54) is 25.3 Å². The lowest BCUT2D eigenvalue weighted by molar-refractivity contribution is 0.199. The third kappa shape index (κ3) is 2.69. The maximum atomic E-state index is 13.8. The van der Waals surface area contributed by atoms with Crippen LogP contribution in [0, 0.1) is 18.2 Å². The van der Waals surface area contributed by atoms with Gasteiger partial charge in [-0.05, 0) is 56.2 Å². The van der Waals surface area contributed by atoms with Gasteiger partial charge in [-0.2, -0.15) is 0 Å². The minimum atomic E-state index is -0.640. The molecule has 0 bridgehead atoms. The van der Waals surface area contributed by atoms with E-state index in [1.807, 2.05) is 6.07 Å². The number of aryl methyl sites for hydroxylation is 1. The zero-order valence-electron chi connectivity index (χ0n) is 13.0. The number of halogens is 1. The fourth-order valence-electron chi connectivity index (χ4n) is 3.26. The van der Waals surface area contributed by atoms with Crippen LogP contribution in [-0.2, 0) is 0 Å². The summed E-state index contributed by atoms with van der Waals surface area (Å²) < 4.78 is 13.8. The Hall–Kier alpha value is -1.09. The quantitative estimate of drug-likeness (QED) is 0.892. The molecule has 1 saturated heterocycles. The van der Waals surface area contributed by atoms with Crippen molar-refractivity contribution in [3.63, 3.8) is 0 Å². The van der Waals surface area contributed by atoms with Crippen LogP contribution in [0.1, 0.15) is 57.3 Å². The van der Waals surface area contributed by atoms with Gasteiger partial charge in [0, 0.05) is 24.3 Å². The third-order valence-corrected chi connectivity index (χ3v) is 5.04. The van der Waals surface area contributed by atoms with Crippen molar-refractivity contribution in [2.75, 3.05) is 18.0 Å². The molecule has 2 rings (SSSR count). The maximum Gasteiger partial charge on any atom is 0.126 e. The van der Waals surface area contributed by atoms with E-state index < -0.39 is 6.10 Å². The van der Waals surface area contributed by atoms with E-state index in [0.29, 0.717) is 16.5 Å². The molecule has 1 heterocycles. The monoisotopic (exact) mass is 279 g/mol. The molecule has 1 N–H and O–H groups in total. The van der Waals surface area contributed by atoms with Crippen LogP contribution in [0.2, 0.25) is 0 Å². The predicted molar refractivity (Wildman–Crippen MR) is 81.6 cm³/mol. The summed E-state index contributed by atoms with van der Waals surface area (Å²) in [5.41, 5.74) is 2.73. The van der Waals surface area contributed by atoms with Gasteiger partial charge in [-0.15, -0.1) is 0 Å². The molecule has 1 aromatic carbocycles. The van der Waals surface area contributed by atoms with Crippen LogP contribution in [0.3, 0.4) is 0 Å². The molecular formula is C17H26FNO. The van der Waals surface area contributed by atoms with Gasteiger partial charge in [-0.3, -0.25) is 0 Å². The van der Waals surface area contributed by atoms with Crippen LogP contribution < -0.4 is 4.90 Å². The number of anilines is 1. The second-order valence-corrected chi connectivity index (χ2v) is 6.21. The Morgan fingerprint density at radius 1 is 1.35 bits per heavy atom. The lowest BCUT2D eigenvalue weighted by Crippen LogP contribution is -2.27. The van der Waals surface area contributed by atoms with Crippen LogP contribution >= 0.6 is 0 Å². The second kappa shape index (κ2) is 5.72. The summed E-state index contributed by atoms with van der Waals surface area (Å²) in [4.78, 5) is 2.32. The largest absolute Gasteiger partial charge is 0.389 e. The van der Waals surface area contributed by atoms with Crippen molar-refractivity contribution in [1.82, 2.24) is 0 Å². The molecule has 0 unspecified atom stereocenters. The summed E-state index contributed by atoms with van der Waals surface area (Å²) in [7, 11) is 0. The third-order valence-electron chi connectivity index (χ3n) is 5.04. The number of hydrogen-bond acceptors (Lipinski definition) is 2. The van der Waals surface area contributed by atoms with Crippen molar-refractivity contribution < 1.29 is 9.50 Å². The second-order valence-electron chi connectivity index (χ2n) is 6.21. The Labute approximate surface area is 121 Å². The predicted octanol–water partition coefficient (Wildman–Crippen LogP) is 4.20. The molecule has 1 atom stereocenters. The zero-order valence-corrected chi connectivity index (χ0v) is 13.0. The number of aliphatic hydroxyl groups excluding tert-OH is 1. The van der Waals surface area contributed by atoms with Crippen molar-refractivity contribution >= 4 is 5.69 Å². The minimum absolute atomic E-state index is 0.235. The standard InChI is InChI=1S/C17H26FNO/c1-5-17(6-2)7-8-19(11-17)16-9-12(3)15(18)10-14(16)13(4)20/h9-10,13,20H,5-8,11H2,1-4H3/t13-/m1/s1. The summed E-state index contributed by atoms with van der Waals surface area (Å²) >= 11 is 0. The Morgan fingerprint density at radius 2 is 2.00 bits per heavy atom. The number of aliphatic hydroxyl groups is 1. The first kappa shape index (κ1) is 15.3. The maximum absolute atomic E-state index is 13.8. The Kier molecular flexibility index (Phi) is 4.38. The molecule has 112 valence electrons. The fourth-order valence-corrected chi connectivity index (χ4v) is 3.26. The van der Waals surface area contributed by atoms with E-state index in [9.17, 15) is 9.50 Å². The first-order chi connectivity index (χ1) is 9.42. The molecule has 0 spiro atoms. The first-order valence-corrected chi connectivity index (χ1v) is 7.65. The SMILES string of the molecule is CCC1(CC)CCN(c2cc(C)c(F)cc2[C@@H](C)O)C1. The molecule has 0 amide bonds. The normalized spacial score (nSPS) is 19.4. The van der Waals surface area contributed by atoms with E-state index in [1.54, 1.807) is 13.8 Å². The smallest absolute Gasteiger partial charge is 0.126 e. The van der Waals surface area contributed by atoms with Crippen molar-refractivity contribution in [3.05, 3.63) is 29.1 Å². The molecule has 3 heteroatoms. The fraction of sp³-hybridized carbons (Fsp3) is 0.647. The van der Waals surface area contributed by atoms with Gasteiger partial charge in [0.1, 0.15) is 5.82 Å². The summed E-state index contributed by atoms with van der Waals surface area (Å²) in [6, 6.07) is 3.38. The average Bonchev–Trinajstić information content (AvgIpc) is 2.86. The molecule has 0 radical (unpaired) electrons. The highest BCUT2D eigenvalue weighted by molar-refractivity contribution is 5.57. The molecule has 1 fully saturated rings. The van der Waals surface area contributed by atoms with Crippen molar-refractivity contribution in [3.8, 4) is 0 Å². The van der Waals surface area contributed by atoms with Gasteiger partial charge in [0.15, 0.2) is 0 Å². The average molecular weight is 279 g/mol. The molecule has 1 aromatic rings. The number of rotatable bonds is 4. The molecule has 1 aliphatic heterocycles. The van der Waals surface area contributed by atoms with Crippen molar-refractivity contribution in [1.29, 1.82) is 0 Å². The van der Waals surface area contributed by atoms with E-state index in [4.69, 9.17) is 0 Å².